The lowest BCUT2D eigenvalue weighted by Gasteiger charge is -2.37. The van der Waals surface area contributed by atoms with Crippen molar-refractivity contribution < 1.29 is 14.0 Å². The van der Waals surface area contributed by atoms with Gasteiger partial charge in [-0.2, -0.15) is 0 Å². The number of carbonyl (C=O) groups excluding carboxylic acids is 1. The third-order valence-corrected chi connectivity index (χ3v) is 9.01. The summed E-state index contributed by atoms with van der Waals surface area (Å²) in [5.74, 6) is -0.166. The Kier molecular flexibility index (Phi) is 7.23. The summed E-state index contributed by atoms with van der Waals surface area (Å²) in [7, 11) is -0.406. The van der Waals surface area contributed by atoms with Crippen LogP contribution in [0.2, 0.25) is 18.1 Å². The Balaban J connectivity index is 2.79. The molecule has 3 nitrogen and oxygen atoms in total. The summed E-state index contributed by atoms with van der Waals surface area (Å²) in [6.07, 6.45) is 4.26. The summed E-state index contributed by atoms with van der Waals surface area (Å²) < 4.78 is 11.0. The van der Waals surface area contributed by atoms with E-state index < -0.39 is 8.32 Å². The van der Waals surface area contributed by atoms with Crippen molar-refractivity contribution in [1.82, 2.24) is 0 Å². The molecule has 1 aromatic rings. The van der Waals surface area contributed by atoms with Gasteiger partial charge in [0.1, 0.15) is 0 Å². The van der Waals surface area contributed by atoms with Gasteiger partial charge in [0.05, 0.1) is 7.11 Å². The van der Waals surface area contributed by atoms with Crippen LogP contribution in [-0.2, 0) is 20.4 Å². The molecule has 1 aromatic carbocycles. The van der Waals surface area contributed by atoms with Gasteiger partial charge in [-0.15, -0.1) is 0 Å². The zero-order valence-electron chi connectivity index (χ0n) is 15.3. The minimum Gasteiger partial charge on any atom is -0.466 e. The molecule has 1 rings (SSSR count). The molecule has 0 fully saturated rings. The van der Waals surface area contributed by atoms with Gasteiger partial charge in [-0.1, -0.05) is 57.2 Å². The monoisotopic (exact) mass is 334 g/mol. The van der Waals surface area contributed by atoms with Crippen molar-refractivity contribution in [3.05, 3.63) is 48.0 Å². The molecular formula is C19H30O3Si. The lowest BCUT2D eigenvalue weighted by molar-refractivity contribution is -0.134. The average molecular weight is 335 g/mol. The fourth-order valence-corrected chi connectivity index (χ4v) is 2.98. The second kappa shape index (κ2) is 8.46. The molecule has 128 valence electrons. The molecule has 0 heterocycles. The van der Waals surface area contributed by atoms with Crippen molar-refractivity contribution in [2.24, 2.45) is 5.92 Å². The van der Waals surface area contributed by atoms with Crippen molar-refractivity contribution in [2.45, 2.75) is 45.3 Å². The Morgan fingerprint density at radius 1 is 1.22 bits per heavy atom. The standard InChI is InChI=1S/C19H30O3Si/c1-19(2,3)23(5,6)22-15-17(12-13-18(20)21-4)14-16-10-8-7-9-11-16/h7-13,17H,14-15H2,1-6H3/b13-12+. The minimum atomic E-state index is -1.80. The van der Waals surface area contributed by atoms with Crippen LogP contribution in [0.5, 0.6) is 0 Å². The summed E-state index contributed by atoms with van der Waals surface area (Å²) >= 11 is 0. The topological polar surface area (TPSA) is 35.5 Å². The van der Waals surface area contributed by atoms with Gasteiger partial charge in [0.2, 0.25) is 0 Å². The SMILES string of the molecule is COC(=O)/C=C/C(CO[Si](C)(C)C(C)(C)C)Cc1ccccc1. The zero-order chi connectivity index (χ0) is 17.5. The van der Waals surface area contributed by atoms with E-state index in [1.165, 1.54) is 18.7 Å². The van der Waals surface area contributed by atoms with E-state index in [1.807, 2.05) is 24.3 Å². The first-order valence-corrected chi connectivity index (χ1v) is 11.0. The van der Waals surface area contributed by atoms with E-state index in [4.69, 9.17) is 9.16 Å². The predicted molar refractivity (Wildman–Crippen MR) is 97.9 cm³/mol. The normalized spacial score (nSPS) is 14.0. The highest BCUT2D eigenvalue weighted by Crippen LogP contribution is 2.36. The quantitative estimate of drug-likeness (QED) is 0.415. The number of methoxy groups -OCH3 is 1. The third kappa shape index (κ3) is 6.71. The molecular weight excluding hydrogens is 304 g/mol. The van der Waals surface area contributed by atoms with Crippen molar-refractivity contribution >= 4 is 14.3 Å². The largest absolute Gasteiger partial charge is 0.466 e. The summed E-state index contributed by atoms with van der Waals surface area (Å²) in [5, 5.41) is 0.177. The van der Waals surface area contributed by atoms with Crippen LogP contribution in [0.4, 0.5) is 0 Å². The lowest BCUT2D eigenvalue weighted by atomic mass is 10.00. The van der Waals surface area contributed by atoms with Crippen LogP contribution in [0.3, 0.4) is 0 Å². The molecule has 0 bridgehead atoms. The van der Waals surface area contributed by atoms with Gasteiger partial charge in [-0.3, -0.25) is 0 Å². The molecule has 0 aliphatic rings. The van der Waals surface area contributed by atoms with Crippen molar-refractivity contribution in [3.63, 3.8) is 0 Å². The highest BCUT2D eigenvalue weighted by molar-refractivity contribution is 6.74. The Morgan fingerprint density at radius 3 is 2.35 bits per heavy atom. The minimum absolute atomic E-state index is 0.158. The lowest BCUT2D eigenvalue weighted by Crippen LogP contribution is -2.42. The van der Waals surface area contributed by atoms with Crippen molar-refractivity contribution in [3.8, 4) is 0 Å². The number of rotatable bonds is 7. The van der Waals surface area contributed by atoms with E-state index in [0.717, 1.165) is 6.42 Å². The Morgan fingerprint density at radius 2 is 1.83 bits per heavy atom. The number of ether oxygens (including phenoxy) is 1. The van der Waals surface area contributed by atoms with Crippen LogP contribution >= 0.6 is 0 Å². The van der Waals surface area contributed by atoms with E-state index in [2.05, 4.69) is 46.0 Å². The van der Waals surface area contributed by atoms with Gasteiger partial charge >= 0.3 is 5.97 Å². The van der Waals surface area contributed by atoms with E-state index in [-0.39, 0.29) is 16.9 Å². The molecule has 0 spiro atoms. The predicted octanol–water partition coefficient (Wildman–Crippen LogP) is 4.60. The molecule has 0 saturated carbocycles. The first-order chi connectivity index (χ1) is 10.7. The van der Waals surface area contributed by atoms with Crippen molar-refractivity contribution in [1.29, 1.82) is 0 Å². The molecule has 4 heteroatoms. The Labute approximate surface area is 141 Å². The second-order valence-electron chi connectivity index (χ2n) is 7.40. The molecule has 0 saturated heterocycles. The maximum Gasteiger partial charge on any atom is 0.330 e. The first-order valence-electron chi connectivity index (χ1n) is 8.10. The molecule has 0 amide bonds. The van der Waals surface area contributed by atoms with Crippen LogP contribution in [0.25, 0.3) is 0 Å². The fourth-order valence-electron chi connectivity index (χ4n) is 1.91. The van der Waals surface area contributed by atoms with Crippen LogP contribution in [-0.4, -0.2) is 28.0 Å². The molecule has 0 aliphatic carbocycles. The maximum absolute atomic E-state index is 11.4. The number of esters is 1. The van der Waals surface area contributed by atoms with Gasteiger partial charge in [0.25, 0.3) is 0 Å². The second-order valence-corrected chi connectivity index (χ2v) is 12.2. The summed E-state index contributed by atoms with van der Waals surface area (Å²) in [5.41, 5.74) is 1.24. The highest BCUT2D eigenvalue weighted by Gasteiger charge is 2.37. The molecule has 0 aromatic heterocycles. The Hall–Kier alpha value is -1.39. The van der Waals surface area contributed by atoms with E-state index in [9.17, 15) is 4.79 Å². The van der Waals surface area contributed by atoms with E-state index >= 15 is 0 Å². The van der Waals surface area contributed by atoms with E-state index in [1.54, 1.807) is 0 Å². The van der Waals surface area contributed by atoms with Gasteiger partial charge in [0, 0.05) is 18.6 Å². The number of carbonyl (C=O) groups is 1. The third-order valence-electron chi connectivity index (χ3n) is 4.51. The highest BCUT2D eigenvalue weighted by atomic mass is 28.4. The fraction of sp³-hybridized carbons (Fsp3) is 0.526. The van der Waals surface area contributed by atoms with Gasteiger partial charge in [-0.25, -0.2) is 4.79 Å². The average Bonchev–Trinajstić information content (AvgIpc) is 2.49. The van der Waals surface area contributed by atoms with Gasteiger partial charge < -0.3 is 9.16 Å². The molecule has 0 radical (unpaired) electrons. The van der Waals surface area contributed by atoms with Crippen LogP contribution in [0.15, 0.2) is 42.5 Å². The summed E-state index contributed by atoms with van der Waals surface area (Å²) in [4.78, 5) is 11.4. The van der Waals surface area contributed by atoms with E-state index in [0.29, 0.717) is 6.61 Å². The van der Waals surface area contributed by atoms with Gasteiger partial charge in [-0.05, 0) is 30.1 Å². The number of hydrogen-bond donors (Lipinski definition) is 0. The molecule has 1 atom stereocenters. The van der Waals surface area contributed by atoms with Gasteiger partial charge in [0.15, 0.2) is 8.32 Å². The number of hydrogen-bond acceptors (Lipinski definition) is 3. The molecule has 1 unspecified atom stereocenters. The van der Waals surface area contributed by atoms with Crippen molar-refractivity contribution in [2.75, 3.05) is 13.7 Å². The van der Waals surface area contributed by atoms with Crippen LogP contribution in [0.1, 0.15) is 26.3 Å². The Bertz CT molecular complexity index is 515. The summed E-state index contributed by atoms with van der Waals surface area (Å²) in [6, 6.07) is 10.3. The van der Waals surface area contributed by atoms with Crippen LogP contribution < -0.4 is 0 Å². The summed E-state index contributed by atoms with van der Waals surface area (Å²) in [6.45, 7) is 11.8. The first kappa shape index (κ1) is 19.7. The zero-order valence-corrected chi connectivity index (χ0v) is 16.3. The smallest absolute Gasteiger partial charge is 0.330 e. The van der Waals surface area contributed by atoms with Crippen LogP contribution in [0, 0.1) is 5.92 Å². The molecule has 23 heavy (non-hydrogen) atoms. The molecule has 0 aliphatic heterocycles. The number of benzene rings is 1. The maximum atomic E-state index is 11.4. The molecule has 0 N–H and O–H groups in total.